The first kappa shape index (κ1) is 14.3. The first-order chi connectivity index (χ1) is 9.68. The molecule has 0 fully saturated rings. The Balaban J connectivity index is 1.69. The Morgan fingerprint density at radius 3 is 2.90 bits per heavy atom. The van der Waals surface area contributed by atoms with E-state index in [4.69, 9.17) is 22.1 Å². The standard InChI is InChI=1S/C12H13ClN4O3/c13-9-4-2-1-3-8(9)7-19-6-5-15-12(18)10-11(14)17-20-16-10/h1-4H,5-7H2,(H2,14,17)(H,15,18). The summed E-state index contributed by atoms with van der Waals surface area (Å²) >= 11 is 5.98. The van der Waals surface area contributed by atoms with Crippen LogP contribution in [0.4, 0.5) is 5.82 Å². The zero-order chi connectivity index (χ0) is 14.4. The number of aromatic nitrogens is 2. The van der Waals surface area contributed by atoms with Crippen molar-refractivity contribution >= 4 is 23.3 Å². The van der Waals surface area contributed by atoms with Crippen LogP contribution in [0.2, 0.25) is 5.02 Å². The number of halogens is 1. The van der Waals surface area contributed by atoms with E-state index in [0.29, 0.717) is 24.8 Å². The van der Waals surface area contributed by atoms with Gasteiger partial charge in [0.1, 0.15) is 0 Å². The minimum atomic E-state index is -0.454. The summed E-state index contributed by atoms with van der Waals surface area (Å²) in [5, 5.41) is 9.95. The molecule has 0 aliphatic rings. The SMILES string of the molecule is Nc1nonc1C(=O)NCCOCc1ccccc1Cl. The summed E-state index contributed by atoms with van der Waals surface area (Å²) in [6.07, 6.45) is 0. The van der Waals surface area contributed by atoms with E-state index in [9.17, 15) is 4.79 Å². The molecule has 3 N–H and O–H groups in total. The van der Waals surface area contributed by atoms with Crippen molar-refractivity contribution < 1.29 is 14.2 Å². The zero-order valence-corrected chi connectivity index (χ0v) is 11.3. The number of rotatable bonds is 6. The highest BCUT2D eigenvalue weighted by atomic mass is 35.5. The molecule has 106 valence electrons. The van der Waals surface area contributed by atoms with E-state index in [1.54, 1.807) is 6.07 Å². The third-order valence-corrected chi connectivity index (χ3v) is 2.85. The number of nitrogens with zero attached hydrogens (tertiary/aromatic N) is 2. The summed E-state index contributed by atoms with van der Waals surface area (Å²) in [7, 11) is 0. The number of anilines is 1. The van der Waals surface area contributed by atoms with Crippen LogP contribution < -0.4 is 11.1 Å². The molecule has 0 saturated carbocycles. The molecule has 0 radical (unpaired) electrons. The van der Waals surface area contributed by atoms with Crippen LogP contribution in [-0.4, -0.2) is 29.4 Å². The van der Waals surface area contributed by atoms with Gasteiger partial charge < -0.3 is 15.8 Å². The molecule has 0 saturated heterocycles. The largest absolute Gasteiger partial charge is 0.379 e. The van der Waals surface area contributed by atoms with Gasteiger partial charge in [0.2, 0.25) is 11.5 Å². The van der Waals surface area contributed by atoms with Crippen molar-refractivity contribution in [1.82, 2.24) is 15.6 Å². The molecule has 8 heteroatoms. The van der Waals surface area contributed by atoms with Gasteiger partial charge in [-0.15, -0.1) is 0 Å². The summed E-state index contributed by atoms with van der Waals surface area (Å²) in [5.74, 6) is -0.496. The van der Waals surface area contributed by atoms with Crippen LogP contribution in [-0.2, 0) is 11.3 Å². The van der Waals surface area contributed by atoms with Crippen LogP contribution in [0.25, 0.3) is 0 Å². The lowest BCUT2D eigenvalue weighted by Crippen LogP contribution is -2.28. The highest BCUT2D eigenvalue weighted by Gasteiger charge is 2.14. The maximum Gasteiger partial charge on any atom is 0.277 e. The summed E-state index contributed by atoms with van der Waals surface area (Å²) in [6, 6.07) is 7.40. The Kier molecular flexibility index (Phi) is 4.91. The van der Waals surface area contributed by atoms with Gasteiger partial charge in [0.25, 0.3) is 5.91 Å². The summed E-state index contributed by atoms with van der Waals surface area (Å²) in [6.45, 7) is 1.03. The Morgan fingerprint density at radius 2 is 2.20 bits per heavy atom. The Labute approximate surface area is 120 Å². The van der Waals surface area contributed by atoms with Gasteiger partial charge in [0.05, 0.1) is 13.2 Å². The molecule has 0 atom stereocenters. The van der Waals surface area contributed by atoms with Gasteiger partial charge >= 0.3 is 0 Å². The molecule has 0 bridgehead atoms. The number of benzene rings is 1. The number of hydrogen-bond acceptors (Lipinski definition) is 6. The molecule has 1 amide bonds. The second-order valence-electron chi connectivity index (χ2n) is 3.90. The number of ether oxygens (including phenoxy) is 1. The van der Waals surface area contributed by atoms with Crippen LogP contribution in [0.5, 0.6) is 0 Å². The molecule has 2 rings (SSSR count). The Bertz CT molecular complexity index is 588. The second kappa shape index (κ2) is 6.88. The average molecular weight is 297 g/mol. The van der Waals surface area contributed by atoms with E-state index in [2.05, 4.69) is 20.3 Å². The van der Waals surface area contributed by atoms with Gasteiger partial charge in [-0.3, -0.25) is 4.79 Å². The van der Waals surface area contributed by atoms with Crippen molar-refractivity contribution in [2.75, 3.05) is 18.9 Å². The van der Waals surface area contributed by atoms with E-state index in [-0.39, 0.29) is 11.5 Å². The summed E-state index contributed by atoms with van der Waals surface area (Å²) in [5.41, 5.74) is 6.25. The van der Waals surface area contributed by atoms with Crippen molar-refractivity contribution in [2.24, 2.45) is 0 Å². The fraction of sp³-hybridized carbons (Fsp3) is 0.250. The van der Waals surface area contributed by atoms with Crippen LogP contribution in [0.3, 0.4) is 0 Å². The molecule has 1 aromatic heterocycles. The number of hydrogen-bond donors (Lipinski definition) is 2. The molecule has 1 aromatic carbocycles. The van der Waals surface area contributed by atoms with E-state index in [1.807, 2.05) is 18.2 Å². The van der Waals surface area contributed by atoms with Gasteiger partial charge in [0.15, 0.2) is 0 Å². The first-order valence-electron chi connectivity index (χ1n) is 5.86. The quantitative estimate of drug-likeness (QED) is 0.778. The molecule has 0 aliphatic heterocycles. The minimum absolute atomic E-state index is 0.0314. The molecule has 2 aromatic rings. The molecular weight excluding hydrogens is 284 g/mol. The summed E-state index contributed by atoms with van der Waals surface area (Å²) in [4.78, 5) is 11.6. The van der Waals surface area contributed by atoms with E-state index in [0.717, 1.165) is 5.56 Å². The molecule has 1 heterocycles. The molecule has 0 unspecified atom stereocenters. The Morgan fingerprint density at radius 1 is 1.40 bits per heavy atom. The van der Waals surface area contributed by atoms with Crippen molar-refractivity contribution in [3.63, 3.8) is 0 Å². The maximum absolute atomic E-state index is 11.6. The fourth-order valence-electron chi connectivity index (χ4n) is 1.47. The van der Waals surface area contributed by atoms with E-state index in [1.165, 1.54) is 0 Å². The Hall–Kier alpha value is -2.12. The van der Waals surface area contributed by atoms with Crippen LogP contribution in [0.15, 0.2) is 28.9 Å². The smallest absolute Gasteiger partial charge is 0.277 e. The number of nitrogens with one attached hydrogen (secondary N) is 1. The fourth-order valence-corrected chi connectivity index (χ4v) is 1.66. The van der Waals surface area contributed by atoms with Crippen LogP contribution in [0, 0.1) is 0 Å². The van der Waals surface area contributed by atoms with Gasteiger partial charge in [-0.05, 0) is 21.9 Å². The maximum atomic E-state index is 11.6. The molecule has 0 aliphatic carbocycles. The van der Waals surface area contributed by atoms with Crippen molar-refractivity contribution in [3.8, 4) is 0 Å². The number of carbonyl (C=O) groups is 1. The topological polar surface area (TPSA) is 103 Å². The number of carbonyl (C=O) groups excluding carboxylic acids is 1. The lowest BCUT2D eigenvalue weighted by molar-refractivity contribution is 0.0892. The van der Waals surface area contributed by atoms with Crippen molar-refractivity contribution in [2.45, 2.75) is 6.61 Å². The normalized spacial score (nSPS) is 10.4. The average Bonchev–Trinajstić information content (AvgIpc) is 2.86. The lowest BCUT2D eigenvalue weighted by atomic mass is 10.2. The van der Waals surface area contributed by atoms with E-state index < -0.39 is 5.91 Å². The number of nitrogens with two attached hydrogens (primary N) is 1. The predicted octanol–water partition coefficient (Wildman–Crippen LogP) is 1.25. The summed E-state index contributed by atoms with van der Waals surface area (Å²) < 4.78 is 9.74. The van der Waals surface area contributed by atoms with Gasteiger partial charge in [-0.1, -0.05) is 29.8 Å². The van der Waals surface area contributed by atoms with Gasteiger partial charge in [0, 0.05) is 11.6 Å². The lowest BCUT2D eigenvalue weighted by Gasteiger charge is -2.06. The predicted molar refractivity (Wildman–Crippen MR) is 72.2 cm³/mol. The third-order valence-electron chi connectivity index (χ3n) is 2.48. The molecular formula is C12H13ClN4O3. The van der Waals surface area contributed by atoms with Crippen molar-refractivity contribution in [3.05, 3.63) is 40.5 Å². The van der Waals surface area contributed by atoms with Crippen molar-refractivity contribution in [1.29, 1.82) is 0 Å². The molecule has 7 nitrogen and oxygen atoms in total. The van der Waals surface area contributed by atoms with Gasteiger partial charge in [-0.25, -0.2) is 4.63 Å². The minimum Gasteiger partial charge on any atom is -0.379 e. The first-order valence-corrected chi connectivity index (χ1v) is 6.23. The monoisotopic (exact) mass is 296 g/mol. The third kappa shape index (κ3) is 3.69. The van der Waals surface area contributed by atoms with Crippen LogP contribution >= 0.6 is 11.6 Å². The number of amides is 1. The number of nitrogen functional groups attached to an aromatic ring is 1. The molecule has 20 heavy (non-hydrogen) atoms. The van der Waals surface area contributed by atoms with E-state index >= 15 is 0 Å². The van der Waals surface area contributed by atoms with Gasteiger partial charge in [-0.2, -0.15) is 0 Å². The highest BCUT2D eigenvalue weighted by molar-refractivity contribution is 6.31. The zero-order valence-electron chi connectivity index (χ0n) is 10.5. The highest BCUT2D eigenvalue weighted by Crippen LogP contribution is 2.15. The second-order valence-corrected chi connectivity index (χ2v) is 4.31. The van der Waals surface area contributed by atoms with Crippen LogP contribution in [0.1, 0.15) is 16.1 Å². The molecule has 0 spiro atoms.